The van der Waals surface area contributed by atoms with Gasteiger partial charge in [-0.3, -0.25) is 4.79 Å². The number of hydrogen-bond donors (Lipinski definition) is 1. The van der Waals surface area contributed by atoms with Crippen LogP contribution in [0.25, 0.3) is 16.9 Å². The van der Waals surface area contributed by atoms with Crippen molar-refractivity contribution in [2.45, 2.75) is 32.7 Å². The molecule has 1 saturated heterocycles. The minimum Gasteiger partial charge on any atom is -0.493 e. The first-order valence-corrected chi connectivity index (χ1v) is 11.2. The molecule has 4 rings (SSSR count). The fraction of sp³-hybridized carbons (Fsp3) is 0.360. The van der Waals surface area contributed by atoms with E-state index in [1.54, 1.807) is 36.5 Å². The van der Waals surface area contributed by atoms with Gasteiger partial charge in [-0.25, -0.2) is 4.98 Å². The highest BCUT2D eigenvalue weighted by Crippen LogP contribution is 2.33. The fourth-order valence-corrected chi connectivity index (χ4v) is 4.37. The van der Waals surface area contributed by atoms with E-state index in [0.717, 1.165) is 43.6 Å². The minimum atomic E-state index is -0.0532. The van der Waals surface area contributed by atoms with Gasteiger partial charge >= 0.3 is 0 Å². The molecule has 0 saturated carbocycles. The van der Waals surface area contributed by atoms with Gasteiger partial charge in [-0.2, -0.15) is 15.0 Å². The van der Waals surface area contributed by atoms with Crippen LogP contribution in [0.1, 0.15) is 41.3 Å². The summed E-state index contributed by atoms with van der Waals surface area (Å²) in [5.41, 5.74) is 3.28. The Morgan fingerprint density at radius 3 is 2.58 bits per heavy atom. The van der Waals surface area contributed by atoms with Crippen LogP contribution >= 0.6 is 0 Å². The number of likely N-dealkylation sites (tertiary alicyclic amines) is 1. The van der Waals surface area contributed by atoms with E-state index in [-0.39, 0.29) is 17.8 Å². The highest BCUT2D eigenvalue weighted by atomic mass is 16.3. The highest BCUT2D eigenvalue weighted by Gasteiger charge is 2.25. The van der Waals surface area contributed by atoms with Gasteiger partial charge in [0, 0.05) is 32.4 Å². The predicted octanol–water partition coefficient (Wildman–Crippen LogP) is 3.38. The SMILES string of the molecule is CCN1CCC(N(C)C(=O)c2ccc(-n3ncc(-c4ccc(C#N)cc4C)c3O)nc2)CC1. The van der Waals surface area contributed by atoms with Crippen molar-refractivity contribution < 1.29 is 9.90 Å². The van der Waals surface area contributed by atoms with E-state index in [1.807, 2.05) is 18.9 Å². The third kappa shape index (κ3) is 4.45. The number of aromatic nitrogens is 3. The molecule has 3 heterocycles. The lowest BCUT2D eigenvalue weighted by molar-refractivity contribution is 0.0646. The molecule has 8 nitrogen and oxygen atoms in total. The number of aromatic hydroxyl groups is 1. The summed E-state index contributed by atoms with van der Waals surface area (Å²) in [6, 6.07) is 11.0. The van der Waals surface area contributed by atoms with E-state index in [9.17, 15) is 9.90 Å². The van der Waals surface area contributed by atoms with E-state index in [4.69, 9.17) is 5.26 Å². The maximum Gasteiger partial charge on any atom is 0.255 e. The molecule has 1 amide bonds. The zero-order chi connectivity index (χ0) is 23.5. The van der Waals surface area contributed by atoms with E-state index < -0.39 is 0 Å². The number of carbonyl (C=O) groups is 1. The molecule has 8 heteroatoms. The molecule has 0 aliphatic carbocycles. The lowest BCUT2D eigenvalue weighted by Crippen LogP contribution is -2.45. The number of amides is 1. The Morgan fingerprint density at radius 1 is 1.21 bits per heavy atom. The highest BCUT2D eigenvalue weighted by molar-refractivity contribution is 5.94. The third-order valence-corrected chi connectivity index (χ3v) is 6.47. The standard InChI is InChI=1S/C25H28N6O2/c1-4-30-11-9-20(10-12-30)29(3)24(32)19-6-8-23(27-15-19)31-25(33)22(16-28-31)21-7-5-18(14-26)13-17(21)2/h5-8,13,15-16,20,33H,4,9-12H2,1-3H3. The Bertz CT molecular complexity index is 1190. The Balaban J connectivity index is 1.51. The number of rotatable bonds is 5. The normalized spacial score (nSPS) is 14.7. The molecule has 1 aliphatic rings. The quantitative estimate of drug-likeness (QED) is 0.648. The molecule has 1 N–H and O–H groups in total. The summed E-state index contributed by atoms with van der Waals surface area (Å²) in [6.07, 6.45) is 5.05. The van der Waals surface area contributed by atoms with Gasteiger partial charge in [-0.15, -0.1) is 0 Å². The molecule has 1 fully saturated rings. The van der Waals surface area contributed by atoms with E-state index >= 15 is 0 Å². The van der Waals surface area contributed by atoms with Crippen LogP contribution in [0.15, 0.2) is 42.7 Å². The van der Waals surface area contributed by atoms with E-state index in [1.165, 1.54) is 10.9 Å². The second kappa shape index (κ2) is 9.43. The number of carbonyl (C=O) groups excluding carboxylic acids is 1. The van der Waals surface area contributed by atoms with Crippen molar-refractivity contribution in [2.24, 2.45) is 0 Å². The number of pyridine rings is 1. The first-order valence-electron chi connectivity index (χ1n) is 11.2. The second-order valence-corrected chi connectivity index (χ2v) is 8.42. The topological polar surface area (TPSA) is 98.3 Å². The largest absolute Gasteiger partial charge is 0.493 e. The van der Waals surface area contributed by atoms with Gasteiger partial charge in [0.15, 0.2) is 5.82 Å². The maximum absolute atomic E-state index is 13.0. The molecule has 170 valence electrons. The molecule has 1 aliphatic heterocycles. The average Bonchev–Trinajstić information content (AvgIpc) is 3.24. The molecule has 3 aromatic rings. The molecule has 33 heavy (non-hydrogen) atoms. The van der Waals surface area contributed by atoms with Gasteiger partial charge in [0.25, 0.3) is 5.91 Å². The van der Waals surface area contributed by atoms with Crippen molar-refractivity contribution in [3.8, 4) is 28.9 Å². The average molecular weight is 445 g/mol. The number of hydrogen-bond acceptors (Lipinski definition) is 6. The molecular formula is C25H28N6O2. The Labute approximate surface area is 193 Å². The molecule has 0 bridgehead atoms. The summed E-state index contributed by atoms with van der Waals surface area (Å²) < 4.78 is 1.34. The van der Waals surface area contributed by atoms with Gasteiger partial charge in [-0.1, -0.05) is 13.0 Å². The molecule has 0 radical (unpaired) electrons. The number of piperidine rings is 1. The zero-order valence-corrected chi connectivity index (χ0v) is 19.2. The van der Waals surface area contributed by atoms with Crippen molar-refractivity contribution in [3.63, 3.8) is 0 Å². The van der Waals surface area contributed by atoms with Gasteiger partial charge in [0.05, 0.1) is 29.0 Å². The van der Waals surface area contributed by atoms with E-state index in [2.05, 4.69) is 28.0 Å². The summed E-state index contributed by atoms with van der Waals surface area (Å²) in [6.45, 7) is 7.11. The zero-order valence-electron chi connectivity index (χ0n) is 19.2. The van der Waals surface area contributed by atoms with Crippen molar-refractivity contribution in [1.82, 2.24) is 24.6 Å². The molecule has 0 unspecified atom stereocenters. The monoisotopic (exact) mass is 444 g/mol. The lowest BCUT2D eigenvalue weighted by atomic mass is 10.0. The fourth-order valence-electron chi connectivity index (χ4n) is 4.37. The predicted molar refractivity (Wildman–Crippen MR) is 125 cm³/mol. The van der Waals surface area contributed by atoms with E-state index in [0.29, 0.717) is 22.5 Å². The maximum atomic E-state index is 13.0. The molecule has 0 spiro atoms. The Kier molecular flexibility index (Phi) is 6.43. The number of aryl methyl sites for hydroxylation is 1. The Hall–Kier alpha value is -3.70. The van der Waals surface area contributed by atoms with Crippen LogP contribution in [0.4, 0.5) is 0 Å². The van der Waals surface area contributed by atoms with Crippen LogP contribution in [-0.2, 0) is 0 Å². The molecule has 2 aromatic heterocycles. The van der Waals surface area contributed by atoms with Gasteiger partial charge < -0.3 is 14.9 Å². The summed E-state index contributed by atoms with van der Waals surface area (Å²) in [7, 11) is 1.86. The van der Waals surface area contributed by atoms with Crippen LogP contribution in [0.3, 0.4) is 0 Å². The van der Waals surface area contributed by atoms with Gasteiger partial charge in [0.1, 0.15) is 0 Å². The summed E-state index contributed by atoms with van der Waals surface area (Å²) in [5, 5.41) is 24.1. The van der Waals surface area contributed by atoms with Crippen molar-refractivity contribution in [2.75, 3.05) is 26.7 Å². The van der Waals surface area contributed by atoms with Crippen molar-refractivity contribution in [3.05, 3.63) is 59.4 Å². The lowest BCUT2D eigenvalue weighted by Gasteiger charge is -2.36. The number of benzene rings is 1. The second-order valence-electron chi connectivity index (χ2n) is 8.42. The summed E-state index contributed by atoms with van der Waals surface area (Å²) in [5.74, 6) is 0.317. The van der Waals surface area contributed by atoms with Crippen molar-refractivity contribution in [1.29, 1.82) is 5.26 Å². The van der Waals surface area contributed by atoms with Gasteiger partial charge in [-0.05, 0) is 61.7 Å². The first-order chi connectivity index (χ1) is 15.9. The summed E-state index contributed by atoms with van der Waals surface area (Å²) >= 11 is 0. The first kappa shape index (κ1) is 22.5. The molecule has 1 aromatic carbocycles. The minimum absolute atomic E-state index is 0.0470. The van der Waals surface area contributed by atoms with Crippen LogP contribution in [0, 0.1) is 18.3 Å². The molecule has 0 atom stereocenters. The molecular weight excluding hydrogens is 416 g/mol. The van der Waals surface area contributed by atoms with Crippen molar-refractivity contribution >= 4 is 5.91 Å². The third-order valence-electron chi connectivity index (χ3n) is 6.47. The number of nitrogens with zero attached hydrogens (tertiary/aromatic N) is 6. The number of nitriles is 1. The van der Waals surface area contributed by atoms with Crippen LogP contribution < -0.4 is 0 Å². The van der Waals surface area contributed by atoms with Gasteiger partial charge in [0.2, 0.25) is 5.88 Å². The van der Waals surface area contributed by atoms with Crippen LogP contribution in [0.5, 0.6) is 5.88 Å². The summed E-state index contributed by atoms with van der Waals surface area (Å²) in [4.78, 5) is 21.6. The Morgan fingerprint density at radius 2 is 1.97 bits per heavy atom. The van der Waals surface area contributed by atoms with Crippen LogP contribution in [-0.4, -0.2) is 68.3 Å². The smallest absolute Gasteiger partial charge is 0.255 e. The van der Waals surface area contributed by atoms with Crippen LogP contribution in [0.2, 0.25) is 0 Å².